The van der Waals surface area contributed by atoms with Crippen LogP contribution in [0.5, 0.6) is 5.75 Å². The van der Waals surface area contributed by atoms with Crippen LogP contribution in [0.3, 0.4) is 0 Å². The van der Waals surface area contributed by atoms with E-state index in [2.05, 4.69) is 20.6 Å². The number of esters is 1. The third-order valence-electron chi connectivity index (χ3n) is 3.03. The minimum atomic E-state index is -0.387. The largest absolute Gasteiger partial charge is 0.424 e. The molecule has 2 aromatic heterocycles. The molecule has 0 unspecified atom stereocenters. The molecule has 0 aliphatic carbocycles. The van der Waals surface area contributed by atoms with Crippen molar-refractivity contribution < 1.29 is 14.3 Å². The lowest BCUT2D eigenvalue weighted by Gasteiger charge is -2.11. The van der Waals surface area contributed by atoms with Crippen LogP contribution in [0.25, 0.3) is 11.4 Å². The number of methoxy groups -OCH3 is 1. The van der Waals surface area contributed by atoms with Gasteiger partial charge in [0.05, 0.1) is 43.5 Å². The number of rotatable bonds is 6. The molecule has 0 radical (unpaired) electrons. The van der Waals surface area contributed by atoms with Crippen molar-refractivity contribution >= 4 is 5.97 Å². The summed E-state index contributed by atoms with van der Waals surface area (Å²) in [5.41, 5.74) is 1.32. The van der Waals surface area contributed by atoms with Gasteiger partial charge in [0.15, 0.2) is 5.75 Å². The van der Waals surface area contributed by atoms with E-state index in [4.69, 9.17) is 9.47 Å². The molecule has 0 spiro atoms. The summed E-state index contributed by atoms with van der Waals surface area (Å²) in [6.07, 6.45) is 6.66. The van der Waals surface area contributed by atoms with Gasteiger partial charge in [0.1, 0.15) is 5.69 Å². The summed E-state index contributed by atoms with van der Waals surface area (Å²) in [5, 5.41) is 15.4. The molecule has 118 valence electrons. The Balaban J connectivity index is 1.94. The van der Waals surface area contributed by atoms with Crippen LogP contribution in [0.1, 0.15) is 6.42 Å². The molecule has 0 bridgehead atoms. The van der Waals surface area contributed by atoms with Gasteiger partial charge in [-0.2, -0.15) is 0 Å². The summed E-state index contributed by atoms with van der Waals surface area (Å²) < 4.78 is 13.4. The molecule has 3 aromatic rings. The van der Waals surface area contributed by atoms with Crippen molar-refractivity contribution in [2.24, 2.45) is 0 Å². The number of hydrogen-bond donors (Lipinski definition) is 0. The molecule has 1 aromatic carbocycles. The standard InChI is InChI=1S/C14H14N6O3/c1-22-9-4-14(21)23-13-3-2-11(19-7-5-15-17-19)10-12(13)20-8-6-16-18-20/h2-3,5-8,10H,4,9H2,1H3. The van der Waals surface area contributed by atoms with Gasteiger partial charge in [-0.25, -0.2) is 9.36 Å². The predicted octanol–water partition coefficient (Wildman–Crippen LogP) is 0.790. The Bertz CT molecular complexity index is 770. The van der Waals surface area contributed by atoms with E-state index in [1.807, 2.05) is 0 Å². The third kappa shape index (κ3) is 3.40. The maximum absolute atomic E-state index is 11.8. The Morgan fingerprint density at radius 3 is 2.52 bits per heavy atom. The summed E-state index contributed by atoms with van der Waals surface area (Å²) in [7, 11) is 1.53. The summed E-state index contributed by atoms with van der Waals surface area (Å²) in [6, 6.07) is 5.23. The number of aromatic nitrogens is 6. The van der Waals surface area contributed by atoms with Crippen molar-refractivity contribution in [1.82, 2.24) is 30.0 Å². The van der Waals surface area contributed by atoms with Crippen molar-refractivity contribution in [3.05, 3.63) is 43.0 Å². The third-order valence-corrected chi connectivity index (χ3v) is 3.03. The molecular formula is C14H14N6O3. The van der Waals surface area contributed by atoms with E-state index >= 15 is 0 Å². The molecule has 2 heterocycles. The van der Waals surface area contributed by atoms with Crippen LogP contribution in [0, 0.1) is 0 Å². The highest BCUT2D eigenvalue weighted by molar-refractivity contribution is 5.74. The van der Waals surface area contributed by atoms with E-state index in [9.17, 15) is 4.79 Å². The molecule has 0 atom stereocenters. The highest BCUT2D eigenvalue weighted by atomic mass is 16.5. The topological polar surface area (TPSA) is 97.0 Å². The van der Waals surface area contributed by atoms with Crippen LogP contribution < -0.4 is 4.74 Å². The molecule has 0 amide bonds. The molecule has 0 saturated heterocycles. The van der Waals surface area contributed by atoms with E-state index in [-0.39, 0.29) is 12.4 Å². The zero-order chi connectivity index (χ0) is 16.1. The second-order valence-corrected chi connectivity index (χ2v) is 4.56. The molecule has 9 heteroatoms. The zero-order valence-corrected chi connectivity index (χ0v) is 12.4. The highest BCUT2D eigenvalue weighted by Gasteiger charge is 2.13. The van der Waals surface area contributed by atoms with Gasteiger partial charge in [-0.15, -0.1) is 10.2 Å². The normalized spacial score (nSPS) is 10.7. The number of carbonyl (C=O) groups is 1. The number of hydrogen-bond acceptors (Lipinski definition) is 7. The van der Waals surface area contributed by atoms with Gasteiger partial charge < -0.3 is 9.47 Å². The molecule has 0 N–H and O–H groups in total. The van der Waals surface area contributed by atoms with E-state index in [1.165, 1.54) is 11.8 Å². The molecule has 9 nitrogen and oxygen atoms in total. The van der Waals surface area contributed by atoms with E-state index < -0.39 is 0 Å². The first-order valence-corrected chi connectivity index (χ1v) is 6.85. The predicted molar refractivity (Wildman–Crippen MR) is 78.4 cm³/mol. The molecule has 0 aliphatic heterocycles. The molecular weight excluding hydrogens is 300 g/mol. The molecule has 0 fully saturated rings. The highest BCUT2D eigenvalue weighted by Crippen LogP contribution is 2.25. The van der Waals surface area contributed by atoms with Crippen LogP contribution in [-0.4, -0.2) is 49.7 Å². The number of benzene rings is 1. The lowest BCUT2D eigenvalue weighted by atomic mass is 10.2. The molecule has 0 aliphatic rings. The lowest BCUT2D eigenvalue weighted by Crippen LogP contribution is -2.13. The smallest absolute Gasteiger partial charge is 0.313 e. The fraction of sp³-hybridized carbons (Fsp3) is 0.214. The van der Waals surface area contributed by atoms with Gasteiger partial charge in [0, 0.05) is 7.11 Å². The van der Waals surface area contributed by atoms with Crippen molar-refractivity contribution in [3.63, 3.8) is 0 Å². The number of ether oxygens (including phenoxy) is 2. The summed E-state index contributed by atoms with van der Waals surface area (Å²) in [5.74, 6) is -0.0119. The van der Waals surface area contributed by atoms with Crippen LogP contribution in [0.15, 0.2) is 43.0 Å². The second kappa shape index (κ2) is 6.79. The van der Waals surface area contributed by atoms with Gasteiger partial charge in [-0.1, -0.05) is 10.4 Å². The maximum Gasteiger partial charge on any atom is 0.313 e. The van der Waals surface area contributed by atoms with Gasteiger partial charge in [-0.3, -0.25) is 4.79 Å². The quantitative estimate of drug-likeness (QED) is 0.490. The van der Waals surface area contributed by atoms with Crippen molar-refractivity contribution in [2.75, 3.05) is 13.7 Å². The summed E-state index contributed by atoms with van der Waals surface area (Å²) in [4.78, 5) is 11.8. The maximum atomic E-state index is 11.8. The molecule has 3 rings (SSSR count). The minimum absolute atomic E-state index is 0.165. The first-order chi connectivity index (χ1) is 11.3. The number of carbonyl (C=O) groups excluding carboxylic acids is 1. The lowest BCUT2D eigenvalue weighted by molar-refractivity contribution is -0.135. The summed E-state index contributed by atoms with van der Waals surface area (Å²) in [6.45, 7) is 0.300. The Hall–Kier alpha value is -3.07. The van der Waals surface area contributed by atoms with Gasteiger partial charge in [-0.05, 0) is 18.2 Å². The van der Waals surface area contributed by atoms with Crippen molar-refractivity contribution in [3.8, 4) is 17.1 Å². The van der Waals surface area contributed by atoms with Gasteiger partial charge in [0.2, 0.25) is 0 Å². The second-order valence-electron chi connectivity index (χ2n) is 4.56. The fourth-order valence-electron chi connectivity index (χ4n) is 1.96. The average Bonchev–Trinajstić information content (AvgIpc) is 3.26. The Labute approximate surface area is 131 Å². The van der Waals surface area contributed by atoms with Gasteiger partial charge in [0.25, 0.3) is 0 Å². The van der Waals surface area contributed by atoms with Crippen LogP contribution in [0.4, 0.5) is 0 Å². The molecule has 0 saturated carbocycles. The van der Waals surface area contributed by atoms with Crippen LogP contribution in [-0.2, 0) is 9.53 Å². The first kappa shape index (κ1) is 14.9. The van der Waals surface area contributed by atoms with Crippen molar-refractivity contribution in [2.45, 2.75) is 6.42 Å². The Morgan fingerprint density at radius 2 is 1.87 bits per heavy atom. The van der Waals surface area contributed by atoms with Crippen LogP contribution in [0.2, 0.25) is 0 Å². The Morgan fingerprint density at radius 1 is 1.13 bits per heavy atom. The van der Waals surface area contributed by atoms with Gasteiger partial charge >= 0.3 is 5.97 Å². The average molecular weight is 314 g/mol. The van der Waals surface area contributed by atoms with Crippen molar-refractivity contribution in [1.29, 1.82) is 0 Å². The first-order valence-electron chi connectivity index (χ1n) is 6.85. The van der Waals surface area contributed by atoms with E-state index in [0.717, 1.165) is 5.69 Å². The monoisotopic (exact) mass is 314 g/mol. The molecule has 23 heavy (non-hydrogen) atoms. The minimum Gasteiger partial charge on any atom is -0.424 e. The number of nitrogens with zero attached hydrogens (tertiary/aromatic N) is 6. The Kier molecular flexibility index (Phi) is 4.39. The fourth-order valence-corrected chi connectivity index (χ4v) is 1.96. The SMILES string of the molecule is COCCC(=O)Oc1ccc(-n2ccnn2)cc1-n1ccnn1. The summed E-state index contributed by atoms with van der Waals surface area (Å²) >= 11 is 0. The zero-order valence-electron chi connectivity index (χ0n) is 12.4. The van der Waals surface area contributed by atoms with Crippen LogP contribution >= 0.6 is 0 Å². The van der Waals surface area contributed by atoms with E-state index in [0.29, 0.717) is 18.0 Å². The van der Waals surface area contributed by atoms with E-state index in [1.54, 1.807) is 47.7 Å².